The molecule has 0 fully saturated rings. The maximum absolute atomic E-state index is 12.4. The van der Waals surface area contributed by atoms with Crippen molar-refractivity contribution in [3.63, 3.8) is 0 Å². The molecule has 0 aliphatic rings. The Balaban J connectivity index is 2.80. The van der Waals surface area contributed by atoms with Crippen molar-refractivity contribution in [3.8, 4) is 0 Å². The van der Waals surface area contributed by atoms with Gasteiger partial charge < -0.3 is 15.3 Å². The van der Waals surface area contributed by atoms with E-state index in [1.807, 2.05) is 0 Å². The van der Waals surface area contributed by atoms with Crippen molar-refractivity contribution in [2.75, 3.05) is 26.0 Å². The zero-order valence-corrected chi connectivity index (χ0v) is 15.9. The largest absolute Gasteiger partial charge is 0.481 e. The summed E-state index contributed by atoms with van der Waals surface area (Å²) in [5.74, 6) is -1.67. The van der Waals surface area contributed by atoms with Crippen LogP contribution in [0.2, 0.25) is 0 Å². The molecule has 0 heterocycles. The van der Waals surface area contributed by atoms with Gasteiger partial charge in [0.2, 0.25) is 10.0 Å². The number of carboxylic acids is 1. The van der Waals surface area contributed by atoms with Gasteiger partial charge >= 0.3 is 12.0 Å². The Morgan fingerprint density at radius 2 is 1.64 bits per heavy atom. The van der Waals surface area contributed by atoms with Gasteiger partial charge in [-0.1, -0.05) is 6.92 Å². The Hall–Kier alpha value is -2.13. The molecule has 25 heavy (non-hydrogen) atoms. The number of sulfonamides is 1. The quantitative estimate of drug-likeness (QED) is 0.761. The van der Waals surface area contributed by atoms with Gasteiger partial charge in [0, 0.05) is 32.4 Å². The minimum atomic E-state index is -3.58. The predicted octanol–water partition coefficient (Wildman–Crippen LogP) is 1.90. The van der Waals surface area contributed by atoms with E-state index in [2.05, 4.69) is 5.32 Å². The lowest BCUT2D eigenvalue weighted by Crippen LogP contribution is -2.36. The number of benzene rings is 1. The molecule has 0 spiro atoms. The highest BCUT2D eigenvalue weighted by Gasteiger charge is 2.23. The molecule has 9 heteroatoms. The third kappa shape index (κ3) is 5.43. The zero-order chi connectivity index (χ0) is 19.4. The molecular formula is C16H25N3O5S. The normalized spacial score (nSPS) is 12.9. The summed E-state index contributed by atoms with van der Waals surface area (Å²) in [6, 6.07) is 5.19. The number of carbonyl (C=O) groups is 2. The van der Waals surface area contributed by atoms with Gasteiger partial charge in [0.05, 0.1) is 10.8 Å². The summed E-state index contributed by atoms with van der Waals surface area (Å²) in [5, 5.41) is 11.5. The first-order valence-electron chi connectivity index (χ1n) is 7.79. The molecule has 2 amide bonds. The lowest BCUT2D eigenvalue weighted by molar-refractivity contribution is -0.141. The fourth-order valence-corrected chi connectivity index (χ4v) is 3.31. The van der Waals surface area contributed by atoms with Crippen LogP contribution >= 0.6 is 0 Å². The van der Waals surface area contributed by atoms with Crippen LogP contribution in [0.4, 0.5) is 10.5 Å². The molecule has 0 aromatic heterocycles. The van der Waals surface area contributed by atoms with E-state index in [0.717, 1.165) is 0 Å². The number of rotatable bonds is 7. The topological polar surface area (TPSA) is 107 Å². The van der Waals surface area contributed by atoms with Crippen LogP contribution in [0.25, 0.3) is 0 Å². The van der Waals surface area contributed by atoms with E-state index in [1.54, 1.807) is 13.8 Å². The van der Waals surface area contributed by atoms with Gasteiger partial charge in [0.25, 0.3) is 0 Å². The Bertz CT molecular complexity index is 716. The van der Waals surface area contributed by atoms with E-state index < -0.39 is 27.9 Å². The molecule has 0 bridgehead atoms. The van der Waals surface area contributed by atoms with Crippen LogP contribution in [0.1, 0.15) is 20.8 Å². The lowest BCUT2D eigenvalue weighted by atomic mass is 10.2. The number of hydrogen-bond acceptors (Lipinski definition) is 4. The monoisotopic (exact) mass is 371 g/mol. The maximum atomic E-state index is 12.4. The molecule has 140 valence electrons. The van der Waals surface area contributed by atoms with Crippen LogP contribution in [0, 0.1) is 5.92 Å². The third-order valence-electron chi connectivity index (χ3n) is 3.83. The number of amides is 2. The zero-order valence-electron chi connectivity index (χ0n) is 15.1. The second-order valence-corrected chi connectivity index (χ2v) is 8.19. The lowest BCUT2D eigenvalue weighted by Gasteiger charge is -2.21. The van der Waals surface area contributed by atoms with E-state index in [4.69, 9.17) is 5.11 Å². The van der Waals surface area contributed by atoms with Crippen molar-refractivity contribution < 1.29 is 23.1 Å². The van der Waals surface area contributed by atoms with Gasteiger partial charge in [0.1, 0.15) is 0 Å². The number of nitrogens with zero attached hydrogens (tertiary/aromatic N) is 2. The molecule has 0 aliphatic carbocycles. The molecule has 1 unspecified atom stereocenters. The average Bonchev–Trinajstić information content (AvgIpc) is 2.54. The summed E-state index contributed by atoms with van der Waals surface area (Å²) in [6.45, 7) is 5.13. The molecule has 0 radical (unpaired) electrons. The molecule has 1 atom stereocenters. The van der Waals surface area contributed by atoms with Gasteiger partial charge in [-0.15, -0.1) is 0 Å². The van der Waals surface area contributed by atoms with Crippen LogP contribution in [0.5, 0.6) is 0 Å². The van der Waals surface area contributed by atoms with Gasteiger partial charge in [0.15, 0.2) is 0 Å². The van der Waals surface area contributed by atoms with Crippen molar-refractivity contribution in [2.45, 2.75) is 31.7 Å². The average molecular weight is 371 g/mol. The summed E-state index contributed by atoms with van der Waals surface area (Å²) in [6.07, 6.45) is 0. The van der Waals surface area contributed by atoms with Gasteiger partial charge in [-0.05, 0) is 38.1 Å². The van der Waals surface area contributed by atoms with Gasteiger partial charge in [-0.25, -0.2) is 13.2 Å². The molecule has 0 saturated carbocycles. The van der Waals surface area contributed by atoms with Gasteiger partial charge in [-0.2, -0.15) is 4.31 Å². The number of anilines is 1. The Labute approximate surface area is 148 Å². The second kappa shape index (κ2) is 8.30. The highest BCUT2D eigenvalue weighted by Crippen LogP contribution is 2.19. The molecule has 1 aromatic rings. The highest BCUT2D eigenvalue weighted by molar-refractivity contribution is 7.89. The summed E-state index contributed by atoms with van der Waals surface area (Å²) >= 11 is 0. The molecule has 2 N–H and O–H groups in total. The van der Waals surface area contributed by atoms with E-state index in [0.29, 0.717) is 5.69 Å². The molecule has 0 aliphatic heterocycles. The number of carbonyl (C=O) groups excluding carboxylic acids is 1. The highest BCUT2D eigenvalue weighted by atomic mass is 32.2. The summed E-state index contributed by atoms with van der Waals surface area (Å²) in [7, 11) is -0.581. The van der Waals surface area contributed by atoms with Crippen LogP contribution in [0.3, 0.4) is 0 Å². The van der Waals surface area contributed by atoms with Crippen molar-refractivity contribution in [3.05, 3.63) is 24.3 Å². The van der Waals surface area contributed by atoms with Crippen LogP contribution in [-0.2, 0) is 14.8 Å². The predicted molar refractivity (Wildman–Crippen MR) is 95.0 cm³/mol. The molecule has 8 nitrogen and oxygen atoms in total. The van der Waals surface area contributed by atoms with Crippen LogP contribution in [0.15, 0.2) is 29.2 Å². The molecular weight excluding hydrogens is 346 g/mol. The maximum Gasteiger partial charge on any atom is 0.321 e. The number of hydrogen-bond donors (Lipinski definition) is 2. The Morgan fingerprint density at radius 1 is 1.12 bits per heavy atom. The number of nitrogens with one attached hydrogen (secondary N) is 1. The molecule has 1 rings (SSSR count). The Morgan fingerprint density at radius 3 is 2.08 bits per heavy atom. The summed E-state index contributed by atoms with van der Waals surface area (Å²) in [5.41, 5.74) is 0.422. The van der Waals surface area contributed by atoms with Crippen molar-refractivity contribution in [1.29, 1.82) is 0 Å². The molecule has 1 aromatic carbocycles. The summed E-state index contributed by atoms with van der Waals surface area (Å²) in [4.78, 5) is 24.3. The van der Waals surface area contributed by atoms with E-state index in [1.165, 1.54) is 54.5 Å². The second-order valence-electron chi connectivity index (χ2n) is 6.19. The van der Waals surface area contributed by atoms with Crippen molar-refractivity contribution >= 4 is 27.7 Å². The number of aliphatic carboxylic acids is 1. The standard InChI is InChI=1S/C16H25N3O5S/c1-11(2)19(5)25(23,24)14-8-6-13(7-9-14)17-16(22)18(4)10-12(3)15(20)21/h6-9,11-12H,10H2,1-5H3,(H,17,22)(H,20,21). The van der Waals surface area contributed by atoms with Crippen LogP contribution < -0.4 is 5.32 Å². The summed E-state index contributed by atoms with van der Waals surface area (Å²) < 4.78 is 26.0. The number of carboxylic acid groups (broad SMARTS) is 1. The minimum Gasteiger partial charge on any atom is -0.481 e. The first kappa shape index (κ1) is 20.9. The van der Waals surface area contributed by atoms with Crippen molar-refractivity contribution in [2.24, 2.45) is 5.92 Å². The first-order chi connectivity index (χ1) is 11.5. The minimum absolute atomic E-state index is 0.0623. The third-order valence-corrected chi connectivity index (χ3v) is 5.87. The Kier molecular flexibility index (Phi) is 6.95. The van der Waals surface area contributed by atoms with Crippen molar-refractivity contribution in [1.82, 2.24) is 9.21 Å². The molecule has 0 saturated heterocycles. The number of urea groups is 1. The smallest absolute Gasteiger partial charge is 0.321 e. The van der Waals surface area contributed by atoms with Gasteiger partial charge in [-0.3, -0.25) is 4.79 Å². The fourth-order valence-electron chi connectivity index (χ4n) is 1.94. The van der Waals surface area contributed by atoms with Crippen LogP contribution in [-0.4, -0.2) is 61.4 Å². The van der Waals surface area contributed by atoms with E-state index in [9.17, 15) is 18.0 Å². The fraction of sp³-hybridized carbons (Fsp3) is 0.500. The SMILES string of the molecule is CC(CN(C)C(=O)Nc1ccc(S(=O)(=O)N(C)C(C)C)cc1)C(=O)O. The first-order valence-corrected chi connectivity index (χ1v) is 9.23. The van der Waals surface area contributed by atoms with E-state index >= 15 is 0 Å². The van der Waals surface area contributed by atoms with E-state index in [-0.39, 0.29) is 17.5 Å².